The third-order valence-corrected chi connectivity index (χ3v) is 11.5. The number of benzene rings is 1. The smallest absolute Gasteiger partial charge is 0.00323 e. The summed E-state index contributed by atoms with van der Waals surface area (Å²) in [6.45, 7) is 12.8. The van der Waals surface area contributed by atoms with E-state index in [0.717, 1.165) is 31.7 Å². The maximum Gasteiger partial charge on any atom is 0.00323 e. The number of allylic oxidation sites excluding steroid dienone is 9. The minimum atomic E-state index is 0.449. The molecule has 0 aromatic heterocycles. The Balaban J connectivity index is 1.35. The van der Waals surface area contributed by atoms with Crippen molar-refractivity contribution in [1.29, 1.82) is 0 Å². The van der Waals surface area contributed by atoms with Gasteiger partial charge in [-0.15, -0.1) is 0 Å². The summed E-state index contributed by atoms with van der Waals surface area (Å²) in [6.07, 6.45) is 31.6. The molecule has 2 saturated carbocycles. The zero-order valence-corrected chi connectivity index (χ0v) is 28.9. The van der Waals surface area contributed by atoms with Crippen LogP contribution in [0.15, 0.2) is 94.5 Å². The first-order chi connectivity index (χ1) is 22.0. The molecule has 242 valence electrons. The molecule has 5 rings (SSSR count). The molecule has 1 aromatic rings. The van der Waals surface area contributed by atoms with Crippen LogP contribution in [-0.2, 0) is 6.42 Å². The highest BCUT2D eigenvalue weighted by Gasteiger charge is 2.32. The topological polar surface area (TPSA) is 12.0 Å². The summed E-state index contributed by atoms with van der Waals surface area (Å²) in [5.41, 5.74) is 16.7. The molecule has 1 aromatic carbocycles. The Kier molecular flexibility index (Phi) is 13.1. The minimum absolute atomic E-state index is 0.449. The fraction of sp³-hybridized carbons (Fsp3) is 0.591. The highest BCUT2D eigenvalue weighted by molar-refractivity contribution is 5.46. The van der Waals surface area contributed by atoms with E-state index in [1.165, 1.54) is 123 Å². The van der Waals surface area contributed by atoms with Crippen LogP contribution >= 0.6 is 0 Å². The van der Waals surface area contributed by atoms with E-state index in [-0.39, 0.29) is 0 Å². The van der Waals surface area contributed by atoms with Gasteiger partial charge in [-0.1, -0.05) is 132 Å². The van der Waals surface area contributed by atoms with Gasteiger partial charge in [0.05, 0.1) is 0 Å². The molecule has 2 unspecified atom stereocenters. The van der Waals surface area contributed by atoms with E-state index in [4.69, 9.17) is 6.58 Å². The van der Waals surface area contributed by atoms with Crippen molar-refractivity contribution in [2.24, 2.45) is 17.8 Å². The summed E-state index contributed by atoms with van der Waals surface area (Å²) >= 11 is 0. The fourth-order valence-electron chi connectivity index (χ4n) is 8.51. The molecule has 0 heterocycles. The van der Waals surface area contributed by atoms with Gasteiger partial charge in [-0.25, -0.2) is 0 Å². The molecule has 2 fully saturated rings. The zero-order valence-electron chi connectivity index (χ0n) is 28.9. The molecule has 2 atom stereocenters. The van der Waals surface area contributed by atoms with E-state index in [1.54, 1.807) is 5.57 Å². The van der Waals surface area contributed by atoms with Crippen LogP contribution in [0.2, 0.25) is 0 Å². The minimum Gasteiger partial charge on any atom is -0.314 e. The molecule has 1 nitrogen and oxygen atoms in total. The largest absolute Gasteiger partial charge is 0.314 e. The Morgan fingerprint density at radius 1 is 0.889 bits per heavy atom. The Labute approximate surface area is 276 Å². The fourth-order valence-corrected chi connectivity index (χ4v) is 8.51. The van der Waals surface area contributed by atoms with Gasteiger partial charge in [-0.2, -0.15) is 0 Å². The van der Waals surface area contributed by atoms with Crippen molar-refractivity contribution in [2.75, 3.05) is 6.54 Å². The predicted octanol–water partition coefficient (Wildman–Crippen LogP) is 12.0. The summed E-state index contributed by atoms with van der Waals surface area (Å²) in [5, 5.41) is 3.86. The van der Waals surface area contributed by atoms with Crippen LogP contribution in [-0.4, -0.2) is 12.6 Å². The number of hydrogen-bond donors (Lipinski definition) is 1. The molecule has 1 N–H and O–H groups in total. The molecule has 4 aliphatic rings. The zero-order chi connectivity index (χ0) is 31.4. The Morgan fingerprint density at radius 3 is 2.29 bits per heavy atom. The molecule has 0 amide bonds. The second kappa shape index (κ2) is 17.4. The van der Waals surface area contributed by atoms with Gasteiger partial charge in [-0.3, -0.25) is 0 Å². The maximum absolute atomic E-state index is 4.78. The highest BCUT2D eigenvalue weighted by atomic mass is 14.9. The lowest BCUT2D eigenvalue weighted by Crippen LogP contribution is -2.33. The molecule has 1 heteroatoms. The average Bonchev–Trinajstić information content (AvgIpc) is 3.35. The van der Waals surface area contributed by atoms with E-state index in [9.17, 15) is 0 Å². The first-order valence-electron chi connectivity index (χ1n) is 18.8. The SMILES string of the molecule is C=C(C1=CC(CCC2=CC=C=C=C2)=C(C)C(C(CNC(C)C)c2ccc(CCCC3CCCCCC3)cc2)C1)C1CCCCC1. The monoisotopic (exact) mass is 603 g/mol. The summed E-state index contributed by atoms with van der Waals surface area (Å²) < 4.78 is 0. The quantitative estimate of drug-likeness (QED) is 0.165. The van der Waals surface area contributed by atoms with Gasteiger partial charge in [0.15, 0.2) is 0 Å². The molecule has 0 aliphatic heterocycles. The standard InChI is InChI=1S/C44H61N/c1-33(2)45-32-44(40-27-24-38(25-28-40)21-15-20-36-16-9-5-6-10-17-36)43-31-42(34(3)39-22-13-8-14-23-39)30-41(35(43)4)29-26-37-18-11-7-12-19-37/h11,18-19,24-25,27-28,30,33,36,39,43-45H,3,5-6,8-10,13-17,20-23,26,29,31-32H2,1-2,4H3. The second-order valence-corrected chi connectivity index (χ2v) is 15.1. The lowest BCUT2D eigenvalue weighted by Gasteiger charge is -2.36. The van der Waals surface area contributed by atoms with Gasteiger partial charge in [0.2, 0.25) is 0 Å². The van der Waals surface area contributed by atoms with Crippen LogP contribution in [0.1, 0.15) is 141 Å². The summed E-state index contributed by atoms with van der Waals surface area (Å²) in [5.74, 6) is 2.57. The van der Waals surface area contributed by atoms with E-state index in [0.29, 0.717) is 23.8 Å². The second-order valence-electron chi connectivity index (χ2n) is 15.1. The van der Waals surface area contributed by atoms with Crippen molar-refractivity contribution in [1.82, 2.24) is 5.32 Å². The van der Waals surface area contributed by atoms with Gasteiger partial charge in [0, 0.05) is 18.5 Å². The van der Waals surface area contributed by atoms with Crippen molar-refractivity contribution in [3.63, 3.8) is 0 Å². The normalized spacial score (nSPS) is 22.0. The van der Waals surface area contributed by atoms with Crippen LogP contribution in [0.5, 0.6) is 0 Å². The van der Waals surface area contributed by atoms with Crippen molar-refractivity contribution in [3.8, 4) is 0 Å². The molecular formula is C44H61N. The van der Waals surface area contributed by atoms with Crippen molar-refractivity contribution >= 4 is 0 Å². The average molecular weight is 604 g/mol. The Hall–Kier alpha value is -2.56. The third kappa shape index (κ3) is 9.96. The van der Waals surface area contributed by atoms with Crippen molar-refractivity contribution in [3.05, 3.63) is 106 Å². The van der Waals surface area contributed by atoms with Crippen LogP contribution < -0.4 is 5.32 Å². The van der Waals surface area contributed by atoms with E-state index >= 15 is 0 Å². The molecule has 0 spiro atoms. The van der Waals surface area contributed by atoms with Gasteiger partial charge in [0.1, 0.15) is 0 Å². The number of hydrogen-bond acceptors (Lipinski definition) is 1. The lowest BCUT2D eigenvalue weighted by molar-refractivity contribution is 0.393. The summed E-state index contributed by atoms with van der Waals surface area (Å²) in [4.78, 5) is 0. The Morgan fingerprint density at radius 2 is 1.60 bits per heavy atom. The number of rotatable bonds is 14. The Bertz CT molecular complexity index is 1300. The first-order valence-corrected chi connectivity index (χ1v) is 18.8. The van der Waals surface area contributed by atoms with Gasteiger partial charge in [-0.05, 0) is 121 Å². The molecule has 0 radical (unpaired) electrons. The van der Waals surface area contributed by atoms with Gasteiger partial charge < -0.3 is 5.32 Å². The molecule has 0 bridgehead atoms. The number of nitrogens with one attached hydrogen (secondary N) is 1. The van der Waals surface area contributed by atoms with Crippen LogP contribution in [0.4, 0.5) is 0 Å². The van der Waals surface area contributed by atoms with Crippen LogP contribution in [0.25, 0.3) is 0 Å². The van der Waals surface area contributed by atoms with E-state index in [2.05, 4.69) is 80.0 Å². The molecular weight excluding hydrogens is 542 g/mol. The molecule has 45 heavy (non-hydrogen) atoms. The maximum atomic E-state index is 4.78. The van der Waals surface area contributed by atoms with Crippen molar-refractivity contribution in [2.45, 2.75) is 142 Å². The lowest BCUT2D eigenvalue weighted by atomic mass is 9.69. The van der Waals surface area contributed by atoms with Crippen molar-refractivity contribution < 1.29 is 0 Å². The molecule has 0 saturated heterocycles. The van der Waals surface area contributed by atoms with Gasteiger partial charge >= 0.3 is 0 Å². The highest BCUT2D eigenvalue weighted by Crippen LogP contribution is 2.45. The summed E-state index contributed by atoms with van der Waals surface area (Å²) in [7, 11) is 0. The predicted molar refractivity (Wildman–Crippen MR) is 195 cm³/mol. The third-order valence-electron chi connectivity index (χ3n) is 11.5. The van der Waals surface area contributed by atoms with Crippen LogP contribution in [0.3, 0.4) is 0 Å². The number of aryl methyl sites for hydroxylation is 1. The van der Waals surface area contributed by atoms with E-state index in [1.807, 2.05) is 6.08 Å². The van der Waals surface area contributed by atoms with E-state index < -0.39 is 0 Å². The molecule has 4 aliphatic carbocycles. The first kappa shape index (κ1) is 33.8. The summed E-state index contributed by atoms with van der Waals surface area (Å²) in [6, 6.07) is 10.3. The van der Waals surface area contributed by atoms with Gasteiger partial charge in [0.25, 0.3) is 0 Å². The van der Waals surface area contributed by atoms with Crippen LogP contribution in [0, 0.1) is 17.8 Å².